The van der Waals surface area contributed by atoms with Crippen LogP contribution in [0.2, 0.25) is 0 Å². The summed E-state index contributed by atoms with van der Waals surface area (Å²) >= 11 is 0. The van der Waals surface area contributed by atoms with Crippen molar-refractivity contribution in [1.82, 2.24) is 0 Å². The van der Waals surface area contributed by atoms with Gasteiger partial charge in [-0.2, -0.15) is 0 Å². The Morgan fingerprint density at radius 3 is 0.794 bits per heavy atom. The number of hydrogen-bond donors (Lipinski definition) is 0. The molecule has 0 aliphatic heterocycles. The summed E-state index contributed by atoms with van der Waals surface area (Å²) in [5.74, 6) is -2.68. The van der Waals surface area contributed by atoms with Gasteiger partial charge in [0.05, 0.1) is 0 Å². The van der Waals surface area contributed by atoms with Gasteiger partial charge < -0.3 is 29.7 Å². The van der Waals surface area contributed by atoms with Gasteiger partial charge in [0.1, 0.15) is 0 Å². The number of carbonyl (C=O) groups is 3. The molecule has 0 aromatic carbocycles. The van der Waals surface area contributed by atoms with Crippen LogP contribution in [-0.2, 0) is 14.4 Å². The molecule has 0 heterocycles. The van der Waals surface area contributed by atoms with E-state index in [-0.39, 0.29) is 61.4 Å². The Morgan fingerprint density at radius 2 is 0.647 bits per heavy atom. The van der Waals surface area contributed by atoms with Crippen molar-refractivity contribution in [2.45, 2.75) is 136 Å². The standard InChI is InChI=1S/3C9H16O2.In/c3*1-9(7-8(10)11)5-3-2-4-6-9;/h3*2-7H2,1H3,(H,10,11);/q;;;+3/p-3. The minimum absolute atomic E-state index is 0. The number of rotatable bonds is 6. The molecule has 7 heteroatoms. The van der Waals surface area contributed by atoms with E-state index in [1.165, 1.54) is 57.8 Å². The van der Waals surface area contributed by atoms with E-state index >= 15 is 0 Å². The Morgan fingerprint density at radius 1 is 0.471 bits per heavy atom. The molecule has 0 radical (unpaired) electrons. The fraction of sp³-hybridized carbons (Fsp3) is 0.889. The minimum atomic E-state index is -0.894. The molecule has 0 N–H and O–H groups in total. The Balaban J connectivity index is 0.000000473. The van der Waals surface area contributed by atoms with Crippen LogP contribution in [0.15, 0.2) is 0 Å². The van der Waals surface area contributed by atoms with Crippen molar-refractivity contribution in [2.75, 3.05) is 0 Å². The maximum absolute atomic E-state index is 10.4. The van der Waals surface area contributed by atoms with Crippen LogP contribution < -0.4 is 15.3 Å². The van der Waals surface area contributed by atoms with Crippen molar-refractivity contribution >= 4 is 43.8 Å². The first kappa shape index (κ1) is 33.3. The van der Waals surface area contributed by atoms with Gasteiger partial charge in [0.15, 0.2) is 0 Å². The van der Waals surface area contributed by atoms with Crippen LogP contribution in [-0.4, -0.2) is 43.8 Å². The van der Waals surface area contributed by atoms with Crippen molar-refractivity contribution in [1.29, 1.82) is 0 Å². The van der Waals surface area contributed by atoms with Gasteiger partial charge in [0, 0.05) is 17.9 Å². The van der Waals surface area contributed by atoms with Gasteiger partial charge in [-0.05, 0) is 74.0 Å². The average Bonchev–Trinajstić information content (AvgIpc) is 2.68. The minimum Gasteiger partial charge on any atom is -0.550 e. The van der Waals surface area contributed by atoms with Gasteiger partial charge in [0.2, 0.25) is 0 Å². The smallest absolute Gasteiger partial charge is 0.550 e. The third kappa shape index (κ3) is 14.6. The van der Waals surface area contributed by atoms with Crippen LogP contribution in [0.3, 0.4) is 0 Å². The molecular weight excluding hydrogens is 535 g/mol. The van der Waals surface area contributed by atoms with Crippen LogP contribution in [0, 0.1) is 16.2 Å². The van der Waals surface area contributed by atoms with Crippen LogP contribution >= 0.6 is 0 Å². The summed E-state index contributed by atoms with van der Waals surface area (Å²) in [5, 5.41) is 31.1. The van der Waals surface area contributed by atoms with Gasteiger partial charge in [-0.25, -0.2) is 0 Å². The summed E-state index contributed by atoms with van der Waals surface area (Å²) < 4.78 is 0. The summed E-state index contributed by atoms with van der Waals surface area (Å²) in [6.07, 6.45) is 18.0. The van der Waals surface area contributed by atoms with E-state index in [4.69, 9.17) is 0 Å². The van der Waals surface area contributed by atoms with E-state index < -0.39 is 17.9 Å². The molecular formula is C27H45InO6. The normalized spacial score (nSPS) is 22.3. The summed E-state index contributed by atoms with van der Waals surface area (Å²) in [5.41, 5.74) is 0.116. The first-order valence-corrected chi connectivity index (χ1v) is 13.0. The van der Waals surface area contributed by atoms with Gasteiger partial charge in [-0.1, -0.05) is 78.6 Å². The molecule has 0 aromatic heterocycles. The summed E-state index contributed by atoms with van der Waals surface area (Å²) in [6.45, 7) is 6.17. The second-order valence-corrected chi connectivity index (χ2v) is 11.8. The van der Waals surface area contributed by atoms with Crippen molar-refractivity contribution in [3.63, 3.8) is 0 Å². The molecule has 3 rings (SSSR count). The molecule has 0 bridgehead atoms. The third-order valence-electron chi connectivity index (χ3n) is 7.90. The van der Waals surface area contributed by atoms with E-state index in [0.29, 0.717) is 0 Å². The van der Waals surface area contributed by atoms with Gasteiger partial charge in [-0.3, -0.25) is 0 Å². The molecule has 3 aliphatic rings. The Bertz CT molecular complexity index is 529. The second kappa shape index (κ2) is 16.1. The molecule has 3 saturated carbocycles. The maximum atomic E-state index is 10.4. The molecule has 0 amide bonds. The number of hydrogen-bond acceptors (Lipinski definition) is 6. The van der Waals surface area contributed by atoms with Crippen molar-refractivity contribution in [3.8, 4) is 0 Å². The topological polar surface area (TPSA) is 120 Å². The zero-order valence-electron chi connectivity index (χ0n) is 21.8. The van der Waals surface area contributed by atoms with Crippen molar-refractivity contribution in [2.24, 2.45) is 16.2 Å². The number of carbonyl (C=O) groups excluding carboxylic acids is 3. The fourth-order valence-electron chi connectivity index (χ4n) is 5.79. The molecule has 0 atom stereocenters. The summed E-state index contributed by atoms with van der Waals surface area (Å²) in [7, 11) is 0. The van der Waals surface area contributed by atoms with E-state index in [0.717, 1.165) is 38.5 Å². The largest absolute Gasteiger partial charge is 3.00 e. The molecule has 0 unspecified atom stereocenters. The molecule has 0 spiro atoms. The van der Waals surface area contributed by atoms with Crippen molar-refractivity contribution < 1.29 is 29.7 Å². The first-order chi connectivity index (χ1) is 15.4. The monoisotopic (exact) mass is 580 g/mol. The first-order valence-electron chi connectivity index (χ1n) is 13.0. The predicted molar refractivity (Wildman–Crippen MR) is 128 cm³/mol. The van der Waals surface area contributed by atoms with Crippen LogP contribution in [0.4, 0.5) is 0 Å². The van der Waals surface area contributed by atoms with Crippen LogP contribution in [0.5, 0.6) is 0 Å². The van der Waals surface area contributed by atoms with Crippen molar-refractivity contribution in [3.05, 3.63) is 0 Å². The molecule has 192 valence electrons. The molecule has 0 aromatic rings. The van der Waals surface area contributed by atoms with Crippen LogP contribution in [0.1, 0.15) is 136 Å². The zero-order chi connectivity index (χ0) is 25.0. The Hall–Kier alpha value is -0.720. The van der Waals surface area contributed by atoms with E-state index in [9.17, 15) is 29.7 Å². The SMILES string of the molecule is CC1(CC(=O)[O-])CCCCC1.CC1(CC(=O)[O-])CCCCC1.CC1(CC(=O)[O-])CCCCC1.[In+3]. The molecule has 0 saturated heterocycles. The number of carboxylic acids is 3. The van der Waals surface area contributed by atoms with E-state index in [1.807, 2.05) is 0 Å². The Labute approximate surface area is 225 Å². The quantitative estimate of drug-likeness (QED) is 0.477. The number of carboxylic acid groups (broad SMARTS) is 3. The number of aliphatic carboxylic acids is 3. The molecule has 3 aliphatic carbocycles. The maximum Gasteiger partial charge on any atom is 3.00 e. The van der Waals surface area contributed by atoms with E-state index in [2.05, 4.69) is 20.8 Å². The van der Waals surface area contributed by atoms with E-state index in [1.54, 1.807) is 0 Å². The second-order valence-electron chi connectivity index (χ2n) is 11.8. The molecule has 3 fully saturated rings. The predicted octanol–water partition coefficient (Wildman–Crippen LogP) is 2.91. The zero-order valence-corrected chi connectivity index (χ0v) is 25.1. The third-order valence-corrected chi connectivity index (χ3v) is 7.90. The van der Waals surface area contributed by atoms with Gasteiger partial charge in [0.25, 0.3) is 0 Å². The van der Waals surface area contributed by atoms with Crippen LogP contribution in [0.25, 0.3) is 0 Å². The average molecular weight is 580 g/mol. The fourth-order valence-corrected chi connectivity index (χ4v) is 5.79. The van der Waals surface area contributed by atoms with Gasteiger partial charge >= 0.3 is 25.8 Å². The summed E-state index contributed by atoms with van der Waals surface area (Å²) in [4.78, 5) is 31.1. The molecule has 34 heavy (non-hydrogen) atoms. The summed E-state index contributed by atoms with van der Waals surface area (Å²) in [6, 6.07) is 0. The Kier molecular flexibility index (Phi) is 15.8. The van der Waals surface area contributed by atoms with Gasteiger partial charge in [-0.15, -0.1) is 0 Å². The molecule has 6 nitrogen and oxygen atoms in total.